The predicted octanol–water partition coefficient (Wildman–Crippen LogP) is 1.98. The van der Waals surface area contributed by atoms with Gasteiger partial charge in [0.05, 0.1) is 17.7 Å². The van der Waals surface area contributed by atoms with E-state index in [1.54, 1.807) is 18.2 Å². The van der Waals surface area contributed by atoms with Crippen LogP contribution in [-0.4, -0.2) is 36.9 Å². The number of benzene rings is 1. The van der Waals surface area contributed by atoms with E-state index < -0.39 is 0 Å². The molecule has 0 radical (unpaired) electrons. The monoisotopic (exact) mass is 307 g/mol. The second kappa shape index (κ2) is 8.04. The van der Waals surface area contributed by atoms with Gasteiger partial charge in [-0.2, -0.15) is 0 Å². The van der Waals surface area contributed by atoms with Crippen LogP contribution in [0.2, 0.25) is 5.02 Å². The lowest BCUT2D eigenvalue weighted by atomic mass is 10.1. The molecule has 4 nitrogen and oxygen atoms in total. The molecule has 112 valence electrons. The normalized spacial score (nSPS) is 17.1. The Morgan fingerprint density at radius 3 is 3.05 bits per heavy atom. The smallest absolute Gasteiger partial charge is 0.251 e. The first-order chi connectivity index (χ1) is 10.2. The largest absolute Gasteiger partial charge is 0.395 e. The Morgan fingerprint density at radius 1 is 1.52 bits per heavy atom. The second-order valence-corrected chi connectivity index (χ2v) is 5.22. The SMILES string of the molecule is O=C(NCC1CCCO1)c1ccc(C#CCCO)c(Cl)c1. The fourth-order valence-electron chi connectivity index (χ4n) is 2.09. The summed E-state index contributed by atoms with van der Waals surface area (Å²) in [6.45, 7) is 1.32. The third kappa shape index (κ3) is 4.75. The standard InChI is InChI=1S/C16H18ClNO3/c17-15-10-13(7-6-12(15)4-1-2-8-19)16(20)18-11-14-5-3-9-21-14/h6-7,10,14,19H,2-3,5,8-9,11H2,(H,18,20). The van der Waals surface area contributed by atoms with Crippen LogP contribution in [0.25, 0.3) is 0 Å². The van der Waals surface area contributed by atoms with E-state index in [0.717, 1.165) is 19.4 Å². The minimum atomic E-state index is -0.165. The van der Waals surface area contributed by atoms with Crippen molar-refractivity contribution in [1.82, 2.24) is 5.32 Å². The van der Waals surface area contributed by atoms with E-state index in [4.69, 9.17) is 21.4 Å². The van der Waals surface area contributed by atoms with E-state index in [2.05, 4.69) is 17.2 Å². The number of carbonyl (C=O) groups excluding carboxylic acids is 1. The van der Waals surface area contributed by atoms with Gasteiger partial charge in [-0.15, -0.1) is 0 Å². The summed E-state index contributed by atoms with van der Waals surface area (Å²) in [5, 5.41) is 12.0. The molecule has 1 atom stereocenters. The molecule has 1 aliphatic rings. The van der Waals surface area contributed by atoms with Crippen molar-refractivity contribution in [2.75, 3.05) is 19.8 Å². The van der Waals surface area contributed by atoms with Crippen molar-refractivity contribution >= 4 is 17.5 Å². The molecule has 1 aromatic carbocycles. The first kappa shape index (κ1) is 15.8. The van der Waals surface area contributed by atoms with Crippen LogP contribution in [0, 0.1) is 11.8 Å². The Hall–Kier alpha value is -1.54. The lowest BCUT2D eigenvalue weighted by molar-refractivity contribution is 0.0858. The van der Waals surface area contributed by atoms with E-state index in [1.165, 1.54) is 0 Å². The first-order valence-electron chi connectivity index (χ1n) is 7.00. The summed E-state index contributed by atoms with van der Waals surface area (Å²) in [6.07, 6.45) is 2.56. The number of amides is 1. The molecular formula is C16H18ClNO3. The lowest BCUT2D eigenvalue weighted by Crippen LogP contribution is -2.31. The van der Waals surface area contributed by atoms with Crippen LogP contribution in [0.1, 0.15) is 35.2 Å². The van der Waals surface area contributed by atoms with Gasteiger partial charge in [-0.3, -0.25) is 4.79 Å². The Bertz CT molecular complexity index is 556. The number of hydrogen-bond acceptors (Lipinski definition) is 3. The zero-order valence-corrected chi connectivity index (χ0v) is 12.4. The number of nitrogens with one attached hydrogen (secondary N) is 1. The highest BCUT2D eigenvalue weighted by Gasteiger charge is 2.16. The molecule has 0 aromatic heterocycles. The van der Waals surface area contributed by atoms with Crippen molar-refractivity contribution in [1.29, 1.82) is 0 Å². The summed E-state index contributed by atoms with van der Waals surface area (Å²) >= 11 is 6.11. The van der Waals surface area contributed by atoms with Crippen LogP contribution in [-0.2, 0) is 4.74 Å². The highest BCUT2D eigenvalue weighted by molar-refractivity contribution is 6.32. The zero-order chi connectivity index (χ0) is 15.1. The van der Waals surface area contributed by atoms with Crippen molar-refractivity contribution in [3.05, 3.63) is 34.3 Å². The summed E-state index contributed by atoms with van der Waals surface area (Å²) in [5.41, 5.74) is 1.16. The van der Waals surface area contributed by atoms with Crippen LogP contribution < -0.4 is 5.32 Å². The maximum absolute atomic E-state index is 12.0. The average molecular weight is 308 g/mol. The van der Waals surface area contributed by atoms with Gasteiger partial charge < -0.3 is 15.2 Å². The number of aliphatic hydroxyl groups excluding tert-OH is 1. The zero-order valence-electron chi connectivity index (χ0n) is 11.7. The summed E-state index contributed by atoms with van der Waals surface area (Å²) in [5.74, 6) is 5.50. The minimum absolute atomic E-state index is 0.0222. The molecule has 1 fully saturated rings. The van der Waals surface area contributed by atoms with Crippen molar-refractivity contribution in [2.24, 2.45) is 0 Å². The molecule has 1 saturated heterocycles. The van der Waals surface area contributed by atoms with Crippen LogP contribution in [0.3, 0.4) is 0 Å². The van der Waals surface area contributed by atoms with Crippen LogP contribution in [0.15, 0.2) is 18.2 Å². The van der Waals surface area contributed by atoms with Crippen molar-refractivity contribution in [2.45, 2.75) is 25.4 Å². The van der Waals surface area contributed by atoms with E-state index in [-0.39, 0.29) is 18.6 Å². The van der Waals surface area contributed by atoms with E-state index in [9.17, 15) is 4.79 Å². The molecule has 2 rings (SSSR count). The molecule has 1 aliphatic heterocycles. The number of halogens is 1. The van der Waals surface area contributed by atoms with Gasteiger partial charge in [-0.1, -0.05) is 23.4 Å². The van der Waals surface area contributed by atoms with Crippen molar-refractivity contribution in [3.63, 3.8) is 0 Å². The first-order valence-corrected chi connectivity index (χ1v) is 7.37. The molecule has 1 amide bonds. The number of hydrogen-bond donors (Lipinski definition) is 2. The van der Waals surface area contributed by atoms with Gasteiger partial charge in [0.25, 0.3) is 5.91 Å². The van der Waals surface area contributed by atoms with E-state index in [1.807, 2.05) is 0 Å². The van der Waals surface area contributed by atoms with Gasteiger partial charge in [0.15, 0.2) is 0 Å². The number of rotatable bonds is 4. The molecule has 1 aromatic rings. The molecular weight excluding hydrogens is 290 g/mol. The maximum Gasteiger partial charge on any atom is 0.251 e. The summed E-state index contributed by atoms with van der Waals surface area (Å²) < 4.78 is 5.46. The molecule has 0 spiro atoms. The minimum Gasteiger partial charge on any atom is -0.395 e. The summed E-state index contributed by atoms with van der Waals surface area (Å²) in [4.78, 5) is 12.0. The molecule has 21 heavy (non-hydrogen) atoms. The fourth-order valence-corrected chi connectivity index (χ4v) is 2.31. The molecule has 1 heterocycles. The third-order valence-corrected chi connectivity index (χ3v) is 3.52. The molecule has 1 unspecified atom stereocenters. The van der Waals surface area contributed by atoms with E-state index >= 15 is 0 Å². The summed E-state index contributed by atoms with van der Waals surface area (Å²) in [7, 11) is 0. The molecule has 2 N–H and O–H groups in total. The van der Waals surface area contributed by atoms with Crippen molar-refractivity contribution < 1.29 is 14.6 Å². The number of aliphatic hydroxyl groups is 1. The fraction of sp³-hybridized carbons (Fsp3) is 0.438. The Kier molecular flexibility index (Phi) is 6.06. The van der Waals surface area contributed by atoms with E-state index in [0.29, 0.717) is 29.1 Å². The van der Waals surface area contributed by atoms with Crippen LogP contribution in [0.4, 0.5) is 0 Å². The van der Waals surface area contributed by atoms with Gasteiger partial charge in [-0.25, -0.2) is 0 Å². The Labute approximate surface area is 129 Å². The number of carbonyl (C=O) groups is 1. The van der Waals surface area contributed by atoms with Crippen molar-refractivity contribution in [3.8, 4) is 11.8 Å². The van der Waals surface area contributed by atoms with Gasteiger partial charge >= 0.3 is 0 Å². The molecule has 0 saturated carbocycles. The predicted molar refractivity (Wildman–Crippen MR) is 81.3 cm³/mol. The third-order valence-electron chi connectivity index (χ3n) is 3.21. The topological polar surface area (TPSA) is 58.6 Å². The maximum atomic E-state index is 12.0. The molecule has 0 aliphatic carbocycles. The van der Waals surface area contributed by atoms with Gasteiger partial charge in [-0.05, 0) is 31.0 Å². The highest BCUT2D eigenvalue weighted by atomic mass is 35.5. The van der Waals surface area contributed by atoms with Gasteiger partial charge in [0.1, 0.15) is 0 Å². The quantitative estimate of drug-likeness (QED) is 0.836. The Morgan fingerprint density at radius 2 is 2.38 bits per heavy atom. The molecule has 5 heteroatoms. The number of ether oxygens (including phenoxy) is 1. The van der Waals surface area contributed by atoms with Crippen LogP contribution >= 0.6 is 11.6 Å². The Balaban J connectivity index is 1.95. The molecule has 0 bridgehead atoms. The van der Waals surface area contributed by atoms with Gasteiger partial charge in [0, 0.05) is 30.7 Å². The lowest BCUT2D eigenvalue weighted by Gasteiger charge is -2.11. The highest BCUT2D eigenvalue weighted by Crippen LogP contribution is 2.17. The summed E-state index contributed by atoms with van der Waals surface area (Å²) in [6, 6.07) is 5.02. The van der Waals surface area contributed by atoms with Gasteiger partial charge in [0.2, 0.25) is 0 Å². The average Bonchev–Trinajstić information content (AvgIpc) is 3.00. The van der Waals surface area contributed by atoms with Crippen LogP contribution in [0.5, 0.6) is 0 Å². The second-order valence-electron chi connectivity index (χ2n) is 4.82.